The number of halogens is 2. The number of furan rings is 1. The van der Waals surface area contributed by atoms with Crippen LogP contribution in [0.1, 0.15) is 16.1 Å². The molecule has 0 aliphatic heterocycles. The molecule has 1 amide bonds. The third-order valence-electron chi connectivity index (χ3n) is 3.82. The number of aryl methyl sites for hydroxylation is 1. The van der Waals surface area contributed by atoms with Crippen LogP contribution in [0.5, 0.6) is 5.75 Å². The van der Waals surface area contributed by atoms with Gasteiger partial charge in [-0.3, -0.25) is 4.79 Å². The molecular weight excluding hydrogens is 464 g/mol. The minimum absolute atomic E-state index is 0.202. The Balaban J connectivity index is 1.88. The van der Waals surface area contributed by atoms with E-state index in [0.29, 0.717) is 27.4 Å². The van der Waals surface area contributed by atoms with Crippen LogP contribution in [0.25, 0.3) is 11.3 Å². The highest BCUT2D eigenvalue weighted by atomic mass is 79.9. The summed E-state index contributed by atoms with van der Waals surface area (Å²) >= 11 is 6.83. The van der Waals surface area contributed by atoms with Crippen LogP contribution in [0.2, 0.25) is 0 Å². The Morgan fingerprint density at radius 3 is 2.62 bits per heavy atom. The van der Waals surface area contributed by atoms with Crippen molar-refractivity contribution < 1.29 is 13.9 Å². The van der Waals surface area contributed by atoms with Crippen molar-refractivity contribution in [2.45, 2.75) is 6.92 Å². The molecule has 0 unspecified atom stereocenters. The summed E-state index contributed by atoms with van der Waals surface area (Å²) < 4.78 is 12.7. The summed E-state index contributed by atoms with van der Waals surface area (Å²) in [5.41, 5.74) is 8.78. The van der Waals surface area contributed by atoms with E-state index in [2.05, 4.69) is 37.2 Å². The van der Waals surface area contributed by atoms with Gasteiger partial charge in [-0.15, -0.1) is 0 Å². The summed E-state index contributed by atoms with van der Waals surface area (Å²) in [4.78, 5) is 12.6. The van der Waals surface area contributed by atoms with Gasteiger partial charge in [-0.05, 0) is 64.8 Å². The number of carbonyl (C=O) groups excluding carboxylic acids is 1. The van der Waals surface area contributed by atoms with Gasteiger partial charge < -0.3 is 20.2 Å². The number of ether oxygens (including phenoxy) is 1. The van der Waals surface area contributed by atoms with Crippen molar-refractivity contribution in [3.63, 3.8) is 0 Å². The number of methoxy groups -OCH3 is 1. The molecule has 1 aromatic heterocycles. The van der Waals surface area contributed by atoms with Gasteiger partial charge in [0.15, 0.2) is 5.76 Å². The molecule has 3 N–H and O–H groups in total. The second-order valence-corrected chi connectivity index (χ2v) is 7.43. The zero-order valence-corrected chi connectivity index (χ0v) is 17.3. The van der Waals surface area contributed by atoms with Crippen LogP contribution in [0.4, 0.5) is 11.4 Å². The molecule has 0 radical (unpaired) electrons. The number of amides is 1. The predicted molar refractivity (Wildman–Crippen MR) is 110 cm³/mol. The predicted octanol–water partition coefficient (Wildman–Crippen LogP) is 5.62. The van der Waals surface area contributed by atoms with E-state index in [1.54, 1.807) is 24.3 Å². The summed E-state index contributed by atoms with van der Waals surface area (Å²) in [5, 5.41) is 2.79. The van der Waals surface area contributed by atoms with Crippen molar-refractivity contribution in [1.29, 1.82) is 0 Å². The lowest BCUT2D eigenvalue weighted by Gasteiger charge is -2.12. The first kappa shape index (κ1) is 18.5. The standard InChI is InChI=1S/C19H16Br2N2O3/c1-10-7-11(20)3-4-13(10)15-5-6-16(26-15)19(24)23-18-14(21)8-12(22)9-17(18)25-2/h3-9H,22H2,1-2H3,(H,23,24). The Morgan fingerprint density at radius 2 is 1.92 bits per heavy atom. The van der Waals surface area contributed by atoms with Crippen LogP contribution >= 0.6 is 31.9 Å². The van der Waals surface area contributed by atoms with E-state index in [9.17, 15) is 4.79 Å². The average molecular weight is 480 g/mol. The second-order valence-electron chi connectivity index (χ2n) is 5.66. The number of rotatable bonds is 4. The number of nitrogens with two attached hydrogens (primary N) is 1. The maximum atomic E-state index is 12.6. The second kappa shape index (κ2) is 7.55. The van der Waals surface area contributed by atoms with E-state index in [4.69, 9.17) is 14.9 Å². The molecule has 134 valence electrons. The zero-order chi connectivity index (χ0) is 18.8. The highest BCUT2D eigenvalue weighted by Gasteiger charge is 2.17. The topological polar surface area (TPSA) is 77.5 Å². The van der Waals surface area contributed by atoms with Gasteiger partial charge in [0.1, 0.15) is 11.5 Å². The first-order valence-corrected chi connectivity index (χ1v) is 9.28. The fourth-order valence-corrected chi connectivity index (χ4v) is 3.60. The lowest BCUT2D eigenvalue weighted by Crippen LogP contribution is -2.12. The fourth-order valence-electron chi connectivity index (χ4n) is 2.57. The van der Waals surface area contributed by atoms with E-state index in [0.717, 1.165) is 15.6 Å². The summed E-state index contributed by atoms with van der Waals surface area (Å²) in [6.45, 7) is 1.98. The van der Waals surface area contributed by atoms with E-state index in [1.807, 2.05) is 25.1 Å². The molecule has 26 heavy (non-hydrogen) atoms. The number of nitrogens with one attached hydrogen (secondary N) is 1. The molecule has 0 fully saturated rings. The smallest absolute Gasteiger partial charge is 0.291 e. The molecule has 1 heterocycles. The van der Waals surface area contributed by atoms with E-state index < -0.39 is 0 Å². The molecule has 0 spiro atoms. The van der Waals surface area contributed by atoms with Crippen LogP contribution < -0.4 is 15.8 Å². The first-order valence-electron chi connectivity index (χ1n) is 7.69. The molecule has 0 saturated carbocycles. The summed E-state index contributed by atoms with van der Waals surface area (Å²) in [7, 11) is 1.51. The Morgan fingerprint density at radius 1 is 1.15 bits per heavy atom. The lowest BCUT2D eigenvalue weighted by molar-refractivity contribution is 0.0997. The van der Waals surface area contributed by atoms with Crippen LogP contribution in [0.15, 0.2) is 55.8 Å². The zero-order valence-electron chi connectivity index (χ0n) is 14.1. The van der Waals surface area contributed by atoms with Crippen molar-refractivity contribution in [3.8, 4) is 17.1 Å². The number of nitrogen functional groups attached to an aromatic ring is 1. The Bertz CT molecular complexity index is 983. The van der Waals surface area contributed by atoms with Crippen LogP contribution in [0.3, 0.4) is 0 Å². The van der Waals surface area contributed by atoms with Gasteiger partial charge in [-0.25, -0.2) is 0 Å². The van der Waals surface area contributed by atoms with Crippen molar-refractivity contribution in [2.24, 2.45) is 0 Å². The monoisotopic (exact) mass is 478 g/mol. The molecule has 2 aromatic carbocycles. The Hall–Kier alpha value is -2.25. The largest absolute Gasteiger partial charge is 0.494 e. The van der Waals surface area contributed by atoms with Gasteiger partial charge in [0.05, 0.1) is 12.8 Å². The highest BCUT2D eigenvalue weighted by Crippen LogP contribution is 2.36. The van der Waals surface area contributed by atoms with Gasteiger partial charge in [0.2, 0.25) is 0 Å². The molecule has 0 bridgehead atoms. The summed E-state index contributed by atoms with van der Waals surface area (Å²) in [6.07, 6.45) is 0. The number of hydrogen-bond donors (Lipinski definition) is 2. The molecule has 0 aliphatic carbocycles. The van der Waals surface area contributed by atoms with Crippen LogP contribution in [-0.2, 0) is 0 Å². The summed E-state index contributed by atoms with van der Waals surface area (Å²) in [5.74, 6) is 0.909. The van der Waals surface area contributed by atoms with Gasteiger partial charge in [-0.1, -0.05) is 15.9 Å². The molecule has 0 saturated heterocycles. The van der Waals surface area contributed by atoms with E-state index in [-0.39, 0.29) is 11.7 Å². The van der Waals surface area contributed by atoms with E-state index >= 15 is 0 Å². The van der Waals surface area contributed by atoms with Gasteiger partial charge in [0, 0.05) is 26.3 Å². The molecule has 5 nitrogen and oxygen atoms in total. The van der Waals surface area contributed by atoms with Gasteiger partial charge >= 0.3 is 0 Å². The van der Waals surface area contributed by atoms with Crippen LogP contribution in [-0.4, -0.2) is 13.0 Å². The minimum atomic E-state index is -0.380. The fraction of sp³-hybridized carbons (Fsp3) is 0.105. The number of hydrogen-bond acceptors (Lipinski definition) is 4. The lowest BCUT2D eigenvalue weighted by atomic mass is 10.1. The van der Waals surface area contributed by atoms with Crippen molar-refractivity contribution in [1.82, 2.24) is 0 Å². The van der Waals surface area contributed by atoms with Crippen LogP contribution in [0, 0.1) is 6.92 Å². The summed E-state index contributed by atoms with van der Waals surface area (Å²) in [6, 6.07) is 12.6. The third kappa shape index (κ3) is 3.78. The number of anilines is 2. The van der Waals surface area contributed by atoms with E-state index in [1.165, 1.54) is 7.11 Å². The molecule has 0 aliphatic rings. The minimum Gasteiger partial charge on any atom is -0.494 e. The van der Waals surface area contributed by atoms with Gasteiger partial charge in [-0.2, -0.15) is 0 Å². The van der Waals surface area contributed by atoms with Crippen molar-refractivity contribution in [3.05, 3.63) is 62.7 Å². The maximum Gasteiger partial charge on any atom is 0.291 e. The Kier molecular flexibility index (Phi) is 5.38. The number of carbonyl (C=O) groups is 1. The normalized spacial score (nSPS) is 10.6. The number of benzene rings is 2. The molecule has 3 rings (SSSR count). The van der Waals surface area contributed by atoms with Crippen molar-refractivity contribution in [2.75, 3.05) is 18.2 Å². The van der Waals surface area contributed by atoms with Crippen molar-refractivity contribution >= 4 is 49.1 Å². The molecule has 3 aromatic rings. The maximum absolute atomic E-state index is 12.6. The average Bonchev–Trinajstić information content (AvgIpc) is 3.06. The highest BCUT2D eigenvalue weighted by molar-refractivity contribution is 9.10. The molecule has 0 atom stereocenters. The third-order valence-corrected chi connectivity index (χ3v) is 4.94. The van der Waals surface area contributed by atoms with Gasteiger partial charge in [0.25, 0.3) is 5.91 Å². The first-order chi connectivity index (χ1) is 12.4. The quantitative estimate of drug-likeness (QED) is 0.476. The SMILES string of the molecule is COc1cc(N)cc(Br)c1NC(=O)c1ccc(-c2ccc(Br)cc2C)o1. The Labute approximate surface area is 167 Å². The molecule has 7 heteroatoms. The molecular formula is C19H16Br2N2O3.